The molecule has 2 aromatic carbocycles. The fourth-order valence-corrected chi connectivity index (χ4v) is 2.78. The average molecular weight is 371 g/mol. The molecular weight excluding hydrogens is 349 g/mol. The van der Waals surface area contributed by atoms with Crippen molar-refractivity contribution in [1.29, 1.82) is 0 Å². The fourth-order valence-electron chi connectivity index (χ4n) is 2.78. The van der Waals surface area contributed by atoms with Crippen molar-refractivity contribution >= 4 is 17.5 Å². The Morgan fingerprint density at radius 3 is 2.26 bits per heavy atom. The van der Waals surface area contributed by atoms with Crippen LogP contribution in [-0.2, 0) is 4.74 Å². The minimum absolute atomic E-state index is 0.118. The average Bonchev–Trinajstić information content (AvgIpc) is 2.70. The van der Waals surface area contributed by atoms with E-state index in [2.05, 4.69) is 15.5 Å². The Morgan fingerprint density at radius 2 is 1.59 bits per heavy atom. The van der Waals surface area contributed by atoms with E-state index in [1.807, 2.05) is 0 Å². The molecule has 6 nitrogen and oxygen atoms in total. The van der Waals surface area contributed by atoms with E-state index < -0.39 is 11.7 Å². The summed E-state index contributed by atoms with van der Waals surface area (Å²) in [5.74, 6) is -1.12. The van der Waals surface area contributed by atoms with Gasteiger partial charge in [-0.25, -0.2) is 4.39 Å². The van der Waals surface area contributed by atoms with E-state index >= 15 is 0 Å². The molecule has 3 rings (SSSR count). The van der Waals surface area contributed by atoms with Gasteiger partial charge in [-0.05, 0) is 36.4 Å². The molecule has 0 aliphatic carbocycles. The van der Waals surface area contributed by atoms with Crippen molar-refractivity contribution in [2.75, 3.05) is 44.7 Å². The number of para-hydroxylation sites is 1. The Bertz CT molecular complexity index is 789. The Hall–Kier alpha value is -2.77. The molecule has 142 valence electrons. The second kappa shape index (κ2) is 9.25. The van der Waals surface area contributed by atoms with Crippen LogP contribution in [0.2, 0.25) is 0 Å². The van der Waals surface area contributed by atoms with Gasteiger partial charge in [-0.1, -0.05) is 12.1 Å². The van der Waals surface area contributed by atoms with Crippen molar-refractivity contribution in [3.05, 3.63) is 65.5 Å². The summed E-state index contributed by atoms with van der Waals surface area (Å²) in [5.41, 5.74) is 0.940. The standard InChI is InChI=1S/C20H22FN3O3/c21-17-3-1-2-4-18(17)23-20(26)16-7-5-15(6-8-16)19(25)22-9-10-24-11-13-27-14-12-24/h1-8H,9-14H2,(H,22,25)(H,23,26). The smallest absolute Gasteiger partial charge is 0.255 e. The van der Waals surface area contributed by atoms with Gasteiger partial charge >= 0.3 is 0 Å². The van der Waals surface area contributed by atoms with Crippen LogP contribution in [-0.4, -0.2) is 56.1 Å². The number of morpholine rings is 1. The Morgan fingerprint density at radius 1 is 0.963 bits per heavy atom. The number of rotatable bonds is 6. The first kappa shape index (κ1) is 19.0. The number of hydrogen-bond donors (Lipinski definition) is 2. The lowest BCUT2D eigenvalue weighted by atomic mass is 10.1. The summed E-state index contributed by atoms with van der Waals surface area (Å²) in [6.07, 6.45) is 0. The van der Waals surface area contributed by atoms with Crippen LogP contribution in [0.4, 0.5) is 10.1 Å². The topological polar surface area (TPSA) is 70.7 Å². The van der Waals surface area contributed by atoms with Crippen LogP contribution in [0.25, 0.3) is 0 Å². The second-order valence-corrected chi connectivity index (χ2v) is 6.22. The number of hydrogen-bond acceptors (Lipinski definition) is 4. The molecule has 7 heteroatoms. The van der Waals surface area contributed by atoms with E-state index in [1.165, 1.54) is 12.1 Å². The zero-order chi connectivity index (χ0) is 19.1. The molecule has 0 spiro atoms. The molecule has 1 fully saturated rings. The molecule has 1 aliphatic heterocycles. The zero-order valence-electron chi connectivity index (χ0n) is 14.9. The summed E-state index contributed by atoms with van der Waals surface area (Å²) in [7, 11) is 0. The minimum atomic E-state index is -0.498. The molecule has 0 saturated carbocycles. The van der Waals surface area contributed by atoms with Gasteiger partial charge in [0, 0.05) is 37.3 Å². The minimum Gasteiger partial charge on any atom is -0.379 e. The molecular formula is C20H22FN3O3. The van der Waals surface area contributed by atoms with Gasteiger partial charge in [0.05, 0.1) is 18.9 Å². The van der Waals surface area contributed by atoms with Crippen LogP contribution in [0.15, 0.2) is 48.5 Å². The molecule has 27 heavy (non-hydrogen) atoms. The number of carbonyl (C=O) groups is 2. The highest BCUT2D eigenvalue weighted by atomic mass is 19.1. The van der Waals surface area contributed by atoms with Crippen molar-refractivity contribution in [3.8, 4) is 0 Å². The molecule has 0 aromatic heterocycles. The third-order valence-electron chi connectivity index (χ3n) is 4.35. The summed E-state index contributed by atoms with van der Waals surface area (Å²) in [6, 6.07) is 12.2. The van der Waals surface area contributed by atoms with Gasteiger partial charge in [-0.15, -0.1) is 0 Å². The summed E-state index contributed by atoms with van der Waals surface area (Å²) < 4.78 is 18.9. The maximum Gasteiger partial charge on any atom is 0.255 e. The normalized spacial score (nSPS) is 14.6. The Labute approximate surface area is 157 Å². The molecule has 2 aromatic rings. The highest BCUT2D eigenvalue weighted by molar-refractivity contribution is 6.05. The number of nitrogens with zero attached hydrogens (tertiary/aromatic N) is 1. The highest BCUT2D eigenvalue weighted by Crippen LogP contribution is 2.14. The zero-order valence-corrected chi connectivity index (χ0v) is 14.9. The molecule has 1 aliphatic rings. The van der Waals surface area contributed by atoms with Crippen molar-refractivity contribution < 1.29 is 18.7 Å². The fraction of sp³-hybridized carbons (Fsp3) is 0.300. The molecule has 1 heterocycles. The number of ether oxygens (including phenoxy) is 1. The van der Waals surface area contributed by atoms with E-state index in [1.54, 1.807) is 36.4 Å². The van der Waals surface area contributed by atoms with E-state index in [0.29, 0.717) is 17.7 Å². The van der Waals surface area contributed by atoms with Crippen molar-refractivity contribution in [3.63, 3.8) is 0 Å². The second-order valence-electron chi connectivity index (χ2n) is 6.22. The van der Waals surface area contributed by atoms with Crippen molar-refractivity contribution in [2.45, 2.75) is 0 Å². The molecule has 2 amide bonds. The van der Waals surface area contributed by atoms with Gasteiger partial charge < -0.3 is 15.4 Å². The van der Waals surface area contributed by atoms with Crippen LogP contribution in [0, 0.1) is 5.82 Å². The molecule has 2 N–H and O–H groups in total. The van der Waals surface area contributed by atoms with Crippen LogP contribution in [0.5, 0.6) is 0 Å². The lowest BCUT2D eigenvalue weighted by molar-refractivity contribution is 0.0383. The van der Waals surface area contributed by atoms with Gasteiger partial charge in [0.1, 0.15) is 5.82 Å². The summed E-state index contributed by atoms with van der Waals surface area (Å²) >= 11 is 0. The predicted molar refractivity (Wildman–Crippen MR) is 100 cm³/mol. The van der Waals surface area contributed by atoms with Crippen molar-refractivity contribution in [1.82, 2.24) is 10.2 Å². The Balaban J connectivity index is 1.50. The van der Waals surface area contributed by atoms with Crippen LogP contribution < -0.4 is 10.6 Å². The summed E-state index contributed by atoms with van der Waals surface area (Å²) in [6.45, 7) is 4.53. The number of nitrogens with one attached hydrogen (secondary N) is 2. The monoisotopic (exact) mass is 371 g/mol. The number of carbonyl (C=O) groups excluding carboxylic acids is 2. The van der Waals surface area contributed by atoms with Crippen LogP contribution in [0.1, 0.15) is 20.7 Å². The van der Waals surface area contributed by atoms with Gasteiger partial charge in [-0.3, -0.25) is 14.5 Å². The van der Waals surface area contributed by atoms with Crippen LogP contribution in [0.3, 0.4) is 0 Å². The molecule has 1 saturated heterocycles. The molecule has 0 radical (unpaired) electrons. The Kier molecular flexibility index (Phi) is 6.51. The number of anilines is 1. The third-order valence-corrected chi connectivity index (χ3v) is 4.35. The largest absolute Gasteiger partial charge is 0.379 e. The number of halogens is 1. The van der Waals surface area contributed by atoms with E-state index in [-0.39, 0.29) is 11.6 Å². The quantitative estimate of drug-likeness (QED) is 0.816. The third kappa shape index (κ3) is 5.35. The first-order valence-corrected chi connectivity index (χ1v) is 8.88. The molecule has 0 atom stereocenters. The highest BCUT2D eigenvalue weighted by Gasteiger charge is 2.12. The van der Waals surface area contributed by atoms with Gasteiger partial charge in [0.15, 0.2) is 0 Å². The van der Waals surface area contributed by atoms with E-state index in [0.717, 1.165) is 32.8 Å². The predicted octanol–water partition coefficient (Wildman–Crippen LogP) is 2.14. The van der Waals surface area contributed by atoms with Crippen LogP contribution >= 0.6 is 0 Å². The lowest BCUT2D eigenvalue weighted by Crippen LogP contribution is -2.41. The van der Waals surface area contributed by atoms with Gasteiger partial charge in [-0.2, -0.15) is 0 Å². The maximum absolute atomic E-state index is 13.6. The molecule has 0 bridgehead atoms. The number of amides is 2. The number of benzene rings is 2. The summed E-state index contributed by atoms with van der Waals surface area (Å²) in [5, 5.41) is 5.39. The summed E-state index contributed by atoms with van der Waals surface area (Å²) in [4.78, 5) is 26.6. The van der Waals surface area contributed by atoms with Crippen molar-refractivity contribution in [2.24, 2.45) is 0 Å². The van der Waals surface area contributed by atoms with E-state index in [9.17, 15) is 14.0 Å². The van der Waals surface area contributed by atoms with E-state index in [4.69, 9.17) is 4.74 Å². The van der Waals surface area contributed by atoms with Gasteiger partial charge in [0.25, 0.3) is 11.8 Å². The SMILES string of the molecule is O=C(NCCN1CCOCC1)c1ccc(C(=O)Nc2ccccc2F)cc1. The first-order valence-electron chi connectivity index (χ1n) is 8.88. The van der Waals surface area contributed by atoms with Gasteiger partial charge in [0.2, 0.25) is 0 Å². The first-order chi connectivity index (χ1) is 13.1. The maximum atomic E-state index is 13.6. The lowest BCUT2D eigenvalue weighted by Gasteiger charge is -2.26. The molecule has 0 unspecified atom stereocenters.